The van der Waals surface area contributed by atoms with Crippen molar-refractivity contribution in [1.82, 2.24) is 5.32 Å². The summed E-state index contributed by atoms with van der Waals surface area (Å²) in [4.78, 5) is 23.0. The molecule has 0 unspecified atom stereocenters. The van der Waals surface area contributed by atoms with Crippen LogP contribution in [0, 0.1) is 5.41 Å². The number of nitrogens with one attached hydrogen (secondary N) is 2. The predicted molar refractivity (Wildman–Crippen MR) is 93.8 cm³/mol. The molecule has 0 aliphatic heterocycles. The molecule has 1 aliphatic carbocycles. The molecule has 132 valence electrons. The van der Waals surface area contributed by atoms with E-state index in [1.165, 1.54) is 25.7 Å². The quantitative estimate of drug-likeness (QED) is 0.682. The van der Waals surface area contributed by atoms with E-state index < -0.39 is 6.03 Å². The van der Waals surface area contributed by atoms with Gasteiger partial charge in [-0.15, -0.1) is 0 Å². The first kappa shape index (κ1) is 18.3. The van der Waals surface area contributed by atoms with Crippen LogP contribution in [0.4, 0.5) is 10.5 Å². The molecule has 0 saturated heterocycles. The summed E-state index contributed by atoms with van der Waals surface area (Å²) in [6, 6.07) is 6.53. The minimum absolute atomic E-state index is 0.0169. The van der Waals surface area contributed by atoms with Crippen molar-refractivity contribution >= 4 is 17.6 Å². The first-order valence-electron chi connectivity index (χ1n) is 8.44. The standard InChI is InChI=1S/C18H27N3O3/c1-24-13-18(7-2-3-8-18)9-10-20-16(22)12-14-5-4-6-15(11-14)21-17(19)23/h4-6,11H,2-3,7-10,12-13H2,1H3,(H,20,22)(H3,19,21,23). The van der Waals surface area contributed by atoms with Gasteiger partial charge in [-0.05, 0) is 42.4 Å². The van der Waals surface area contributed by atoms with Gasteiger partial charge in [0.25, 0.3) is 0 Å². The Morgan fingerprint density at radius 1 is 1.29 bits per heavy atom. The molecule has 1 fully saturated rings. The number of hydrogen-bond acceptors (Lipinski definition) is 3. The third kappa shape index (κ3) is 5.53. The van der Waals surface area contributed by atoms with Crippen LogP contribution in [0.15, 0.2) is 24.3 Å². The number of primary amides is 1. The highest BCUT2D eigenvalue weighted by atomic mass is 16.5. The van der Waals surface area contributed by atoms with Crippen LogP contribution in [-0.4, -0.2) is 32.2 Å². The maximum absolute atomic E-state index is 12.1. The molecule has 0 aromatic heterocycles. The normalized spacial score (nSPS) is 15.9. The highest BCUT2D eigenvalue weighted by molar-refractivity contribution is 5.88. The van der Waals surface area contributed by atoms with Gasteiger partial charge >= 0.3 is 6.03 Å². The van der Waals surface area contributed by atoms with E-state index in [1.807, 2.05) is 6.07 Å². The first-order valence-corrected chi connectivity index (χ1v) is 8.44. The molecule has 0 heterocycles. The molecule has 0 radical (unpaired) electrons. The Morgan fingerprint density at radius 3 is 2.71 bits per heavy atom. The molecular formula is C18H27N3O3. The van der Waals surface area contributed by atoms with Gasteiger partial charge in [-0.2, -0.15) is 0 Å². The lowest BCUT2D eigenvalue weighted by Gasteiger charge is -2.28. The Morgan fingerprint density at radius 2 is 2.04 bits per heavy atom. The van der Waals surface area contributed by atoms with Gasteiger partial charge in [0.2, 0.25) is 5.91 Å². The van der Waals surface area contributed by atoms with Crippen molar-refractivity contribution in [1.29, 1.82) is 0 Å². The van der Waals surface area contributed by atoms with Crippen LogP contribution in [0.5, 0.6) is 0 Å². The summed E-state index contributed by atoms with van der Waals surface area (Å²) in [7, 11) is 1.74. The number of nitrogens with two attached hydrogens (primary N) is 1. The maximum atomic E-state index is 12.1. The molecule has 1 aromatic rings. The number of hydrogen-bond donors (Lipinski definition) is 3. The van der Waals surface area contributed by atoms with E-state index >= 15 is 0 Å². The Labute approximate surface area is 143 Å². The van der Waals surface area contributed by atoms with Gasteiger partial charge in [0.15, 0.2) is 0 Å². The zero-order valence-corrected chi connectivity index (χ0v) is 14.3. The fourth-order valence-corrected chi connectivity index (χ4v) is 3.51. The Balaban J connectivity index is 1.80. The average molecular weight is 333 g/mol. The molecule has 6 heteroatoms. The fraction of sp³-hybridized carbons (Fsp3) is 0.556. The van der Waals surface area contributed by atoms with E-state index in [4.69, 9.17) is 10.5 Å². The van der Waals surface area contributed by atoms with Gasteiger partial charge in [-0.25, -0.2) is 4.79 Å². The zero-order valence-electron chi connectivity index (χ0n) is 14.3. The third-order valence-electron chi connectivity index (χ3n) is 4.65. The van der Waals surface area contributed by atoms with Crippen LogP contribution in [0.3, 0.4) is 0 Å². The second kappa shape index (κ2) is 8.68. The van der Waals surface area contributed by atoms with Crippen molar-refractivity contribution in [3.8, 4) is 0 Å². The number of anilines is 1. The van der Waals surface area contributed by atoms with E-state index in [9.17, 15) is 9.59 Å². The van der Waals surface area contributed by atoms with Crippen molar-refractivity contribution in [2.75, 3.05) is 25.6 Å². The van der Waals surface area contributed by atoms with E-state index in [-0.39, 0.29) is 17.7 Å². The molecule has 24 heavy (non-hydrogen) atoms. The van der Waals surface area contributed by atoms with Gasteiger partial charge in [0.1, 0.15) is 0 Å². The summed E-state index contributed by atoms with van der Waals surface area (Å²) in [5.41, 5.74) is 6.76. The number of rotatable bonds is 8. The number of methoxy groups -OCH3 is 1. The van der Waals surface area contributed by atoms with E-state index in [0.29, 0.717) is 12.2 Å². The minimum Gasteiger partial charge on any atom is -0.384 e. The summed E-state index contributed by atoms with van der Waals surface area (Å²) in [5, 5.41) is 5.51. The van der Waals surface area contributed by atoms with Crippen LogP contribution in [0.25, 0.3) is 0 Å². The molecule has 1 saturated carbocycles. The lowest BCUT2D eigenvalue weighted by atomic mass is 9.83. The van der Waals surface area contributed by atoms with Crippen LogP contribution < -0.4 is 16.4 Å². The number of ether oxygens (including phenoxy) is 1. The second-order valence-corrected chi connectivity index (χ2v) is 6.61. The fourth-order valence-electron chi connectivity index (χ4n) is 3.51. The summed E-state index contributed by atoms with van der Waals surface area (Å²) >= 11 is 0. The summed E-state index contributed by atoms with van der Waals surface area (Å²) in [6.07, 6.45) is 6.09. The molecular weight excluding hydrogens is 306 g/mol. The number of carbonyl (C=O) groups excluding carboxylic acids is 2. The number of amides is 3. The molecule has 2 rings (SSSR count). The van der Waals surface area contributed by atoms with Crippen molar-refractivity contribution in [3.63, 3.8) is 0 Å². The zero-order chi connectivity index (χ0) is 17.4. The van der Waals surface area contributed by atoms with Gasteiger partial charge in [-0.3, -0.25) is 4.79 Å². The lowest BCUT2D eigenvalue weighted by Crippen LogP contribution is -2.32. The number of benzene rings is 1. The highest BCUT2D eigenvalue weighted by Gasteiger charge is 2.33. The summed E-state index contributed by atoms with van der Waals surface area (Å²) < 4.78 is 5.37. The van der Waals surface area contributed by atoms with Crippen molar-refractivity contribution in [2.24, 2.45) is 11.1 Å². The minimum atomic E-state index is -0.614. The molecule has 1 aromatic carbocycles. The van der Waals surface area contributed by atoms with Crippen molar-refractivity contribution in [2.45, 2.75) is 38.5 Å². The second-order valence-electron chi connectivity index (χ2n) is 6.61. The average Bonchev–Trinajstić information content (AvgIpc) is 2.96. The molecule has 6 nitrogen and oxygen atoms in total. The lowest BCUT2D eigenvalue weighted by molar-refractivity contribution is -0.120. The van der Waals surface area contributed by atoms with Crippen LogP contribution in [0.1, 0.15) is 37.7 Å². The molecule has 1 aliphatic rings. The molecule has 4 N–H and O–H groups in total. The monoisotopic (exact) mass is 333 g/mol. The summed E-state index contributed by atoms with van der Waals surface area (Å²) in [5.74, 6) is -0.0169. The van der Waals surface area contributed by atoms with E-state index in [1.54, 1.807) is 25.3 Å². The largest absolute Gasteiger partial charge is 0.384 e. The van der Waals surface area contributed by atoms with Crippen molar-refractivity contribution < 1.29 is 14.3 Å². The smallest absolute Gasteiger partial charge is 0.316 e. The summed E-state index contributed by atoms with van der Waals surface area (Å²) in [6.45, 7) is 1.44. The Kier molecular flexibility index (Phi) is 6.61. The van der Waals surface area contributed by atoms with E-state index in [0.717, 1.165) is 18.6 Å². The van der Waals surface area contributed by atoms with Crippen molar-refractivity contribution in [3.05, 3.63) is 29.8 Å². The SMILES string of the molecule is COCC1(CCNC(=O)Cc2cccc(NC(N)=O)c2)CCCC1. The van der Waals surface area contributed by atoms with Crippen LogP contribution >= 0.6 is 0 Å². The topological polar surface area (TPSA) is 93.4 Å². The molecule has 0 spiro atoms. The van der Waals surface area contributed by atoms with Gasteiger partial charge in [-0.1, -0.05) is 25.0 Å². The molecule has 0 bridgehead atoms. The van der Waals surface area contributed by atoms with Crippen LogP contribution in [0.2, 0.25) is 0 Å². The first-order chi connectivity index (χ1) is 11.5. The molecule has 3 amide bonds. The van der Waals surface area contributed by atoms with Gasteiger partial charge < -0.3 is 21.1 Å². The third-order valence-corrected chi connectivity index (χ3v) is 4.65. The highest BCUT2D eigenvalue weighted by Crippen LogP contribution is 2.40. The Hall–Kier alpha value is -2.08. The van der Waals surface area contributed by atoms with E-state index in [2.05, 4.69) is 10.6 Å². The number of urea groups is 1. The Bertz CT molecular complexity index is 568. The molecule has 0 atom stereocenters. The maximum Gasteiger partial charge on any atom is 0.316 e. The van der Waals surface area contributed by atoms with Gasteiger partial charge in [0, 0.05) is 19.3 Å². The predicted octanol–water partition coefficient (Wildman–Crippen LogP) is 2.43. The number of carbonyl (C=O) groups is 2. The van der Waals surface area contributed by atoms with Crippen LogP contribution in [-0.2, 0) is 16.0 Å². The van der Waals surface area contributed by atoms with Gasteiger partial charge in [0.05, 0.1) is 13.0 Å².